The second kappa shape index (κ2) is 7.62. The largest absolute Gasteiger partial charge is 0.497 e. The van der Waals surface area contributed by atoms with Crippen molar-refractivity contribution < 1.29 is 14.2 Å². The first-order valence-electron chi connectivity index (χ1n) is 10.9. The molecular weight excluding hydrogens is 420 g/mol. The molecule has 0 aliphatic carbocycles. The van der Waals surface area contributed by atoms with Gasteiger partial charge in [0.2, 0.25) is 0 Å². The third-order valence-corrected chi connectivity index (χ3v) is 7.72. The Morgan fingerprint density at radius 3 is 2.44 bits per heavy atom. The van der Waals surface area contributed by atoms with Crippen molar-refractivity contribution in [3.8, 4) is 17.2 Å². The first-order valence-corrected chi connectivity index (χ1v) is 11.8. The molecule has 0 radical (unpaired) electrons. The van der Waals surface area contributed by atoms with E-state index in [0.29, 0.717) is 0 Å². The molecule has 3 heterocycles. The number of anilines is 2. The van der Waals surface area contributed by atoms with Crippen molar-refractivity contribution in [1.29, 1.82) is 0 Å². The Kier molecular flexibility index (Phi) is 5.01. The van der Waals surface area contributed by atoms with E-state index in [1.54, 1.807) is 32.7 Å². The lowest BCUT2D eigenvalue weighted by Gasteiger charge is -2.52. The predicted molar refractivity (Wildman–Crippen MR) is 131 cm³/mol. The summed E-state index contributed by atoms with van der Waals surface area (Å²) in [7, 11) is 5.17. The first-order chi connectivity index (χ1) is 15.4. The van der Waals surface area contributed by atoms with Crippen LogP contribution in [0.1, 0.15) is 48.7 Å². The molecule has 5 nitrogen and oxygen atoms in total. The molecule has 2 aliphatic heterocycles. The standard InChI is InChI=1S/C26H30N2O3S/c1-25(2)15-26(24-20(28-25)12-17(30-4)13-22(24)31-5)14-21(23-7-6-10-32-23)27-19-9-8-16(29-3)11-18(19)26/h6-13,21,27-28H,14-15H2,1-5H3/t21-,26+/m1/s1. The van der Waals surface area contributed by atoms with Crippen molar-refractivity contribution in [3.05, 3.63) is 63.8 Å². The summed E-state index contributed by atoms with van der Waals surface area (Å²) in [5.74, 6) is 2.50. The Labute approximate surface area is 193 Å². The van der Waals surface area contributed by atoms with Crippen molar-refractivity contribution in [2.75, 3.05) is 32.0 Å². The molecule has 6 heteroatoms. The number of fused-ring (bicyclic) bond motifs is 4. The molecule has 0 fully saturated rings. The molecular formula is C26H30N2O3S. The van der Waals surface area contributed by atoms with Crippen molar-refractivity contribution in [1.82, 2.24) is 0 Å². The number of rotatable bonds is 4. The van der Waals surface area contributed by atoms with Gasteiger partial charge in [-0.1, -0.05) is 6.07 Å². The Morgan fingerprint density at radius 1 is 0.938 bits per heavy atom. The van der Waals surface area contributed by atoms with Crippen LogP contribution in [0.25, 0.3) is 0 Å². The Bertz CT molecular complexity index is 1140. The average Bonchev–Trinajstić information content (AvgIpc) is 3.32. The van der Waals surface area contributed by atoms with Gasteiger partial charge in [-0.25, -0.2) is 0 Å². The highest BCUT2D eigenvalue weighted by molar-refractivity contribution is 7.10. The van der Waals surface area contributed by atoms with E-state index in [4.69, 9.17) is 14.2 Å². The van der Waals surface area contributed by atoms with Crippen LogP contribution in [0.5, 0.6) is 17.2 Å². The minimum absolute atomic E-state index is 0.123. The average molecular weight is 451 g/mol. The zero-order valence-corrected chi connectivity index (χ0v) is 20.1. The van der Waals surface area contributed by atoms with E-state index < -0.39 is 0 Å². The number of thiophene rings is 1. The zero-order chi connectivity index (χ0) is 22.5. The molecule has 0 saturated carbocycles. The summed E-state index contributed by atoms with van der Waals surface area (Å²) >= 11 is 1.80. The summed E-state index contributed by atoms with van der Waals surface area (Å²) in [6.07, 6.45) is 1.86. The van der Waals surface area contributed by atoms with Gasteiger partial charge in [0.05, 0.1) is 27.4 Å². The molecule has 2 atom stereocenters. The lowest BCUT2D eigenvalue weighted by atomic mass is 9.60. The van der Waals surface area contributed by atoms with E-state index in [2.05, 4.69) is 60.2 Å². The fourth-order valence-electron chi connectivity index (χ4n) is 5.65. The summed E-state index contributed by atoms with van der Waals surface area (Å²) in [5.41, 5.74) is 4.28. The second-order valence-electron chi connectivity index (χ2n) is 9.35. The first kappa shape index (κ1) is 21.0. The van der Waals surface area contributed by atoms with Crippen LogP contribution < -0.4 is 24.8 Å². The van der Waals surface area contributed by atoms with Crippen molar-refractivity contribution in [3.63, 3.8) is 0 Å². The molecule has 32 heavy (non-hydrogen) atoms. The van der Waals surface area contributed by atoms with E-state index >= 15 is 0 Å². The minimum Gasteiger partial charge on any atom is -0.497 e. The van der Waals surface area contributed by atoms with Crippen LogP contribution >= 0.6 is 11.3 Å². The maximum Gasteiger partial charge on any atom is 0.128 e. The molecule has 3 aromatic rings. The van der Waals surface area contributed by atoms with Crippen LogP contribution in [-0.4, -0.2) is 26.9 Å². The Balaban J connectivity index is 1.82. The molecule has 168 valence electrons. The van der Waals surface area contributed by atoms with Gasteiger partial charge in [0.25, 0.3) is 0 Å². The fourth-order valence-corrected chi connectivity index (χ4v) is 6.43. The predicted octanol–water partition coefficient (Wildman–Crippen LogP) is 6.21. The number of hydrogen-bond acceptors (Lipinski definition) is 6. The van der Waals surface area contributed by atoms with Gasteiger partial charge in [0.1, 0.15) is 17.2 Å². The molecule has 0 amide bonds. The third-order valence-electron chi connectivity index (χ3n) is 6.74. The molecule has 0 bridgehead atoms. The highest BCUT2D eigenvalue weighted by atomic mass is 32.1. The van der Waals surface area contributed by atoms with Crippen LogP contribution in [0.2, 0.25) is 0 Å². The summed E-state index contributed by atoms with van der Waals surface area (Å²) in [6.45, 7) is 4.54. The van der Waals surface area contributed by atoms with Crippen LogP contribution in [0, 0.1) is 0 Å². The number of nitrogens with one attached hydrogen (secondary N) is 2. The summed E-state index contributed by atoms with van der Waals surface area (Å²) in [5, 5.41) is 9.72. The quantitative estimate of drug-likeness (QED) is 0.495. The highest BCUT2D eigenvalue weighted by Crippen LogP contribution is 2.60. The lowest BCUT2D eigenvalue weighted by Crippen LogP contribution is -2.49. The van der Waals surface area contributed by atoms with Gasteiger partial charge in [-0.3, -0.25) is 0 Å². The maximum absolute atomic E-state index is 5.98. The van der Waals surface area contributed by atoms with Crippen molar-refractivity contribution in [2.45, 2.75) is 43.7 Å². The summed E-state index contributed by atoms with van der Waals surface area (Å²) in [4.78, 5) is 1.34. The molecule has 2 aromatic carbocycles. The lowest BCUT2D eigenvalue weighted by molar-refractivity contribution is 0.298. The van der Waals surface area contributed by atoms with Gasteiger partial charge in [-0.15, -0.1) is 11.3 Å². The smallest absolute Gasteiger partial charge is 0.128 e. The normalized spacial score (nSPS) is 22.8. The molecule has 0 saturated heterocycles. The van der Waals surface area contributed by atoms with Gasteiger partial charge in [0.15, 0.2) is 0 Å². The molecule has 2 aliphatic rings. The van der Waals surface area contributed by atoms with Gasteiger partial charge < -0.3 is 24.8 Å². The van der Waals surface area contributed by atoms with Crippen molar-refractivity contribution in [2.24, 2.45) is 0 Å². The Hall–Kier alpha value is -2.86. The number of benzene rings is 2. The molecule has 5 rings (SSSR count). The monoisotopic (exact) mass is 450 g/mol. The van der Waals surface area contributed by atoms with E-state index in [-0.39, 0.29) is 17.0 Å². The molecule has 2 N–H and O–H groups in total. The SMILES string of the molecule is COc1cc2c(c(OC)c1)[C@@]1(C[C@H](c3cccs3)Nc3ccc(OC)cc31)CC(C)(C)N2. The van der Waals surface area contributed by atoms with Gasteiger partial charge in [-0.2, -0.15) is 0 Å². The summed E-state index contributed by atoms with van der Waals surface area (Å²) in [6, 6.07) is 15.1. The fraction of sp³-hybridized carbons (Fsp3) is 0.385. The number of methoxy groups -OCH3 is 3. The van der Waals surface area contributed by atoms with E-state index in [1.165, 1.54) is 16.0 Å². The highest BCUT2D eigenvalue weighted by Gasteiger charge is 2.51. The van der Waals surface area contributed by atoms with E-state index in [1.807, 2.05) is 12.1 Å². The second-order valence-corrected chi connectivity index (χ2v) is 10.3. The van der Waals surface area contributed by atoms with Crippen molar-refractivity contribution >= 4 is 22.7 Å². The van der Waals surface area contributed by atoms with Crippen LogP contribution in [-0.2, 0) is 5.41 Å². The van der Waals surface area contributed by atoms with Gasteiger partial charge in [-0.05, 0) is 61.9 Å². The van der Waals surface area contributed by atoms with Crippen LogP contribution in [0.4, 0.5) is 11.4 Å². The topological polar surface area (TPSA) is 51.8 Å². The molecule has 0 unspecified atom stereocenters. The van der Waals surface area contributed by atoms with E-state index in [9.17, 15) is 0 Å². The number of ether oxygens (including phenoxy) is 3. The molecule has 1 aromatic heterocycles. The zero-order valence-electron chi connectivity index (χ0n) is 19.2. The maximum atomic E-state index is 5.98. The Morgan fingerprint density at radius 2 is 1.75 bits per heavy atom. The number of hydrogen-bond donors (Lipinski definition) is 2. The molecule has 1 spiro atoms. The van der Waals surface area contributed by atoms with Gasteiger partial charge in [0, 0.05) is 44.9 Å². The van der Waals surface area contributed by atoms with E-state index in [0.717, 1.165) is 41.5 Å². The van der Waals surface area contributed by atoms with Crippen LogP contribution in [0.15, 0.2) is 47.8 Å². The van der Waals surface area contributed by atoms with Crippen LogP contribution in [0.3, 0.4) is 0 Å². The minimum atomic E-state index is -0.258. The summed E-state index contributed by atoms with van der Waals surface area (Å²) < 4.78 is 17.2. The van der Waals surface area contributed by atoms with Gasteiger partial charge >= 0.3 is 0 Å². The third kappa shape index (κ3) is 3.28.